The highest BCUT2D eigenvalue weighted by atomic mass is 16.5. The Kier molecular flexibility index (Phi) is 5.05. The lowest BCUT2D eigenvalue weighted by Gasteiger charge is -2.39. The van der Waals surface area contributed by atoms with Crippen LogP contribution in [0.4, 0.5) is 0 Å². The Morgan fingerprint density at radius 3 is 2.56 bits per heavy atom. The zero-order valence-corrected chi connectivity index (χ0v) is 12.2. The van der Waals surface area contributed by atoms with E-state index in [4.69, 9.17) is 9.47 Å². The summed E-state index contributed by atoms with van der Waals surface area (Å²) >= 11 is 0. The Hall–Kier alpha value is -0.120. The third-order valence-electron chi connectivity index (χ3n) is 4.05. The van der Waals surface area contributed by atoms with Crippen molar-refractivity contribution in [1.29, 1.82) is 0 Å². The van der Waals surface area contributed by atoms with Gasteiger partial charge < -0.3 is 14.8 Å². The van der Waals surface area contributed by atoms with Crippen LogP contribution in [-0.2, 0) is 9.47 Å². The first kappa shape index (κ1) is 14.3. The molecule has 0 aromatic rings. The predicted octanol–water partition coefficient (Wildman–Crippen LogP) is 2.60. The van der Waals surface area contributed by atoms with E-state index in [1.54, 1.807) is 0 Å². The molecule has 2 aliphatic heterocycles. The molecule has 2 rings (SSSR count). The van der Waals surface area contributed by atoms with Crippen LogP contribution in [0.25, 0.3) is 0 Å². The molecular weight excluding hydrogens is 226 g/mol. The first-order valence-electron chi connectivity index (χ1n) is 7.50. The summed E-state index contributed by atoms with van der Waals surface area (Å²) in [5, 5.41) is 3.64. The first-order valence-corrected chi connectivity index (χ1v) is 7.50. The van der Waals surface area contributed by atoms with E-state index >= 15 is 0 Å². The second-order valence-electron chi connectivity index (χ2n) is 6.85. The molecule has 0 radical (unpaired) electrons. The number of hydrogen-bond acceptors (Lipinski definition) is 3. The Labute approximate surface area is 112 Å². The minimum atomic E-state index is 0.199. The zero-order valence-electron chi connectivity index (χ0n) is 12.2. The van der Waals surface area contributed by atoms with Gasteiger partial charge in [-0.3, -0.25) is 0 Å². The minimum Gasteiger partial charge on any atom is -0.381 e. The van der Waals surface area contributed by atoms with Gasteiger partial charge in [-0.2, -0.15) is 0 Å². The van der Waals surface area contributed by atoms with Gasteiger partial charge in [-0.25, -0.2) is 0 Å². The Morgan fingerprint density at radius 1 is 1.11 bits per heavy atom. The molecular formula is C15H29NO2. The van der Waals surface area contributed by atoms with Gasteiger partial charge in [-0.1, -0.05) is 0 Å². The summed E-state index contributed by atoms with van der Waals surface area (Å²) in [6.07, 6.45) is 5.39. The molecule has 0 aromatic heterocycles. The number of rotatable bonds is 3. The maximum Gasteiger partial charge on any atom is 0.0665 e. The molecule has 3 heteroatoms. The van der Waals surface area contributed by atoms with Crippen LogP contribution in [0.2, 0.25) is 0 Å². The average Bonchev–Trinajstić information content (AvgIpc) is 2.37. The molecule has 2 aliphatic rings. The van der Waals surface area contributed by atoms with Crippen molar-refractivity contribution >= 4 is 0 Å². The minimum absolute atomic E-state index is 0.199. The quantitative estimate of drug-likeness (QED) is 0.841. The van der Waals surface area contributed by atoms with Crippen LogP contribution < -0.4 is 5.32 Å². The van der Waals surface area contributed by atoms with Gasteiger partial charge in [0.1, 0.15) is 0 Å². The summed E-state index contributed by atoms with van der Waals surface area (Å²) in [6, 6.07) is 0. The molecule has 0 bridgehead atoms. The second-order valence-corrected chi connectivity index (χ2v) is 6.85. The number of hydrogen-bond donors (Lipinski definition) is 1. The summed E-state index contributed by atoms with van der Waals surface area (Å²) in [5.41, 5.74) is 0.199. The maximum absolute atomic E-state index is 6.08. The highest BCUT2D eigenvalue weighted by Crippen LogP contribution is 2.30. The van der Waals surface area contributed by atoms with Gasteiger partial charge in [0, 0.05) is 31.2 Å². The topological polar surface area (TPSA) is 30.5 Å². The van der Waals surface area contributed by atoms with Gasteiger partial charge in [0.15, 0.2) is 0 Å². The molecule has 106 valence electrons. The van der Waals surface area contributed by atoms with E-state index in [0.29, 0.717) is 17.9 Å². The first-order chi connectivity index (χ1) is 8.56. The summed E-state index contributed by atoms with van der Waals surface area (Å²) in [5.74, 6) is 1.27. The van der Waals surface area contributed by atoms with Crippen molar-refractivity contribution in [2.75, 3.05) is 26.4 Å². The van der Waals surface area contributed by atoms with Crippen molar-refractivity contribution in [3.05, 3.63) is 0 Å². The zero-order chi connectivity index (χ0) is 13.0. The van der Waals surface area contributed by atoms with Gasteiger partial charge >= 0.3 is 0 Å². The van der Waals surface area contributed by atoms with Crippen LogP contribution in [0.1, 0.15) is 46.5 Å². The SMILES string of the molecule is CC(C)(C)NCC1CCCOC1C1CCCOC1. The van der Waals surface area contributed by atoms with E-state index in [2.05, 4.69) is 26.1 Å². The second kappa shape index (κ2) is 6.36. The molecule has 2 heterocycles. The van der Waals surface area contributed by atoms with E-state index in [1.165, 1.54) is 25.7 Å². The van der Waals surface area contributed by atoms with Crippen LogP contribution in [-0.4, -0.2) is 38.0 Å². The van der Waals surface area contributed by atoms with E-state index in [9.17, 15) is 0 Å². The van der Waals surface area contributed by atoms with E-state index < -0.39 is 0 Å². The van der Waals surface area contributed by atoms with Crippen molar-refractivity contribution in [3.63, 3.8) is 0 Å². The van der Waals surface area contributed by atoms with Gasteiger partial charge in [0.2, 0.25) is 0 Å². The molecule has 0 spiro atoms. The molecule has 0 aliphatic carbocycles. The largest absolute Gasteiger partial charge is 0.381 e. The van der Waals surface area contributed by atoms with E-state index in [0.717, 1.165) is 26.4 Å². The molecule has 0 aromatic carbocycles. The fourth-order valence-electron chi connectivity index (χ4n) is 3.07. The summed E-state index contributed by atoms with van der Waals surface area (Å²) in [7, 11) is 0. The van der Waals surface area contributed by atoms with Gasteiger partial charge in [-0.15, -0.1) is 0 Å². The van der Waals surface area contributed by atoms with Crippen LogP contribution in [0.3, 0.4) is 0 Å². The van der Waals surface area contributed by atoms with Gasteiger partial charge in [0.25, 0.3) is 0 Å². The van der Waals surface area contributed by atoms with Crippen LogP contribution in [0, 0.1) is 11.8 Å². The van der Waals surface area contributed by atoms with Crippen molar-refractivity contribution < 1.29 is 9.47 Å². The maximum atomic E-state index is 6.08. The van der Waals surface area contributed by atoms with Gasteiger partial charge in [0.05, 0.1) is 12.7 Å². The molecule has 3 unspecified atom stereocenters. The highest BCUT2D eigenvalue weighted by Gasteiger charge is 2.34. The Morgan fingerprint density at radius 2 is 1.89 bits per heavy atom. The van der Waals surface area contributed by atoms with E-state index in [1.807, 2.05) is 0 Å². The monoisotopic (exact) mass is 255 g/mol. The highest BCUT2D eigenvalue weighted by molar-refractivity contribution is 4.85. The van der Waals surface area contributed by atoms with Crippen LogP contribution in [0.15, 0.2) is 0 Å². The van der Waals surface area contributed by atoms with Crippen LogP contribution >= 0.6 is 0 Å². The van der Waals surface area contributed by atoms with Crippen molar-refractivity contribution in [3.8, 4) is 0 Å². The third kappa shape index (κ3) is 4.22. The lowest BCUT2D eigenvalue weighted by molar-refractivity contribution is -0.0959. The Balaban J connectivity index is 1.88. The smallest absolute Gasteiger partial charge is 0.0665 e. The fraction of sp³-hybridized carbons (Fsp3) is 1.00. The molecule has 2 saturated heterocycles. The summed E-state index contributed by atoms with van der Waals surface area (Å²) < 4.78 is 11.7. The molecule has 0 saturated carbocycles. The lowest BCUT2D eigenvalue weighted by atomic mass is 9.83. The molecule has 3 atom stereocenters. The molecule has 3 nitrogen and oxygen atoms in total. The molecule has 2 fully saturated rings. The normalized spacial score (nSPS) is 34.5. The van der Waals surface area contributed by atoms with Crippen LogP contribution in [0.5, 0.6) is 0 Å². The van der Waals surface area contributed by atoms with E-state index in [-0.39, 0.29) is 5.54 Å². The van der Waals surface area contributed by atoms with Crippen molar-refractivity contribution in [1.82, 2.24) is 5.32 Å². The van der Waals surface area contributed by atoms with Crippen molar-refractivity contribution in [2.45, 2.75) is 58.1 Å². The standard InChI is InChI=1S/C15H29NO2/c1-15(2,3)16-10-12-6-5-9-18-14(12)13-7-4-8-17-11-13/h12-14,16H,4-11H2,1-3H3. The summed E-state index contributed by atoms with van der Waals surface area (Å²) in [6.45, 7) is 10.5. The van der Waals surface area contributed by atoms with Gasteiger partial charge in [-0.05, 0) is 52.4 Å². The number of ether oxygens (including phenoxy) is 2. The average molecular weight is 255 g/mol. The number of nitrogens with one attached hydrogen (secondary N) is 1. The molecule has 18 heavy (non-hydrogen) atoms. The predicted molar refractivity (Wildman–Crippen MR) is 73.8 cm³/mol. The summed E-state index contributed by atoms with van der Waals surface area (Å²) in [4.78, 5) is 0. The Bertz CT molecular complexity index is 243. The molecule has 1 N–H and O–H groups in total. The fourth-order valence-corrected chi connectivity index (χ4v) is 3.07. The van der Waals surface area contributed by atoms with Crippen molar-refractivity contribution in [2.24, 2.45) is 11.8 Å². The molecule has 0 amide bonds. The lowest BCUT2D eigenvalue weighted by Crippen LogP contribution is -2.47. The third-order valence-corrected chi connectivity index (χ3v) is 4.05.